The quantitative estimate of drug-likeness (QED) is 0.615. The van der Waals surface area contributed by atoms with Gasteiger partial charge in [-0.25, -0.2) is 19.2 Å². The highest BCUT2D eigenvalue weighted by molar-refractivity contribution is 7.91. The standard InChI is InChI=1S/C11H15N5O2S2/c1-7-6-8-9(13-11(15-12)14-10(8)19-7)16-2-4-20(17,18)5-3-16/h6H,2-5,12H2,1H3,(H,13,14,15). The van der Waals surface area contributed by atoms with Gasteiger partial charge in [0.1, 0.15) is 10.6 Å². The van der Waals surface area contributed by atoms with Gasteiger partial charge in [-0.3, -0.25) is 5.43 Å². The van der Waals surface area contributed by atoms with Crippen LogP contribution in [-0.2, 0) is 9.84 Å². The minimum absolute atomic E-state index is 0.160. The average molecular weight is 313 g/mol. The van der Waals surface area contributed by atoms with Crippen LogP contribution in [0.2, 0.25) is 0 Å². The van der Waals surface area contributed by atoms with E-state index >= 15 is 0 Å². The lowest BCUT2D eigenvalue weighted by molar-refractivity contribution is 0.586. The largest absolute Gasteiger partial charge is 0.354 e. The van der Waals surface area contributed by atoms with Crippen LogP contribution in [0, 0.1) is 6.92 Å². The highest BCUT2D eigenvalue weighted by Gasteiger charge is 2.24. The fraction of sp³-hybridized carbons (Fsp3) is 0.455. The van der Waals surface area contributed by atoms with Crippen molar-refractivity contribution >= 4 is 43.2 Å². The molecular formula is C11H15N5O2S2. The summed E-state index contributed by atoms with van der Waals surface area (Å²) in [5, 5.41) is 0.950. The number of anilines is 2. The van der Waals surface area contributed by atoms with Crippen molar-refractivity contribution in [3.63, 3.8) is 0 Å². The first kappa shape index (κ1) is 13.5. The van der Waals surface area contributed by atoms with E-state index in [1.807, 2.05) is 17.9 Å². The van der Waals surface area contributed by atoms with Gasteiger partial charge >= 0.3 is 0 Å². The number of nitrogens with two attached hydrogens (primary N) is 1. The van der Waals surface area contributed by atoms with Gasteiger partial charge in [0.25, 0.3) is 0 Å². The molecule has 1 aliphatic rings. The Labute approximate surface area is 120 Å². The first-order valence-corrected chi connectivity index (χ1v) is 8.82. The summed E-state index contributed by atoms with van der Waals surface area (Å²) in [4.78, 5) is 12.7. The predicted octanol–water partition coefficient (Wildman–Crippen LogP) is 0.520. The van der Waals surface area contributed by atoms with Gasteiger partial charge in [0.2, 0.25) is 5.95 Å². The van der Waals surface area contributed by atoms with Crippen molar-refractivity contribution in [3.05, 3.63) is 10.9 Å². The molecule has 1 fully saturated rings. The first-order chi connectivity index (χ1) is 9.48. The molecule has 2 aromatic heterocycles. The zero-order chi connectivity index (χ0) is 14.3. The van der Waals surface area contributed by atoms with Gasteiger partial charge < -0.3 is 4.90 Å². The Morgan fingerprint density at radius 2 is 2.05 bits per heavy atom. The van der Waals surface area contributed by atoms with Crippen LogP contribution in [-0.4, -0.2) is 43.0 Å². The molecule has 3 heterocycles. The Morgan fingerprint density at radius 1 is 1.35 bits per heavy atom. The molecular weight excluding hydrogens is 298 g/mol. The minimum atomic E-state index is -2.91. The predicted molar refractivity (Wildman–Crippen MR) is 80.8 cm³/mol. The average Bonchev–Trinajstić information content (AvgIpc) is 2.78. The van der Waals surface area contributed by atoms with Crippen LogP contribution in [0.5, 0.6) is 0 Å². The zero-order valence-electron chi connectivity index (χ0n) is 11.0. The lowest BCUT2D eigenvalue weighted by atomic mass is 10.3. The minimum Gasteiger partial charge on any atom is -0.354 e. The fourth-order valence-electron chi connectivity index (χ4n) is 2.26. The maximum Gasteiger partial charge on any atom is 0.240 e. The third-order valence-corrected chi connectivity index (χ3v) is 5.82. The molecule has 0 unspecified atom stereocenters. The topological polar surface area (TPSA) is 101 Å². The van der Waals surface area contributed by atoms with E-state index in [-0.39, 0.29) is 11.5 Å². The molecule has 0 atom stereocenters. The maximum absolute atomic E-state index is 11.5. The van der Waals surface area contributed by atoms with Crippen LogP contribution in [0.15, 0.2) is 6.07 Å². The van der Waals surface area contributed by atoms with E-state index in [1.54, 1.807) is 11.3 Å². The van der Waals surface area contributed by atoms with Crippen LogP contribution in [0.3, 0.4) is 0 Å². The van der Waals surface area contributed by atoms with Crippen LogP contribution in [0.4, 0.5) is 11.8 Å². The third-order valence-electron chi connectivity index (χ3n) is 3.27. The molecule has 0 aliphatic carbocycles. The number of nitrogens with one attached hydrogen (secondary N) is 1. The molecule has 7 nitrogen and oxygen atoms in total. The summed E-state index contributed by atoms with van der Waals surface area (Å²) >= 11 is 1.57. The SMILES string of the molecule is Cc1cc2c(N3CCS(=O)(=O)CC3)nc(NN)nc2s1. The number of nitrogens with zero attached hydrogens (tertiary/aromatic N) is 3. The van der Waals surface area contributed by atoms with Crippen molar-refractivity contribution in [3.8, 4) is 0 Å². The van der Waals surface area contributed by atoms with Gasteiger partial charge in [0, 0.05) is 18.0 Å². The van der Waals surface area contributed by atoms with Crippen LogP contribution in [0.1, 0.15) is 4.88 Å². The number of aromatic nitrogens is 2. The Hall–Kier alpha value is -1.45. The Kier molecular flexibility index (Phi) is 3.27. The maximum atomic E-state index is 11.5. The Morgan fingerprint density at radius 3 is 2.70 bits per heavy atom. The number of rotatable bonds is 2. The second kappa shape index (κ2) is 4.83. The summed E-state index contributed by atoms with van der Waals surface area (Å²) in [5.74, 6) is 6.83. The van der Waals surface area contributed by atoms with Crippen molar-refractivity contribution in [2.45, 2.75) is 6.92 Å². The van der Waals surface area contributed by atoms with Crippen molar-refractivity contribution in [2.24, 2.45) is 5.84 Å². The van der Waals surface area contributed by atoms with Crippen molar-refractivity contribution < 1.29 is 8.42 Å². The normalized spacial score (nSPS) is 18.4. The summed E-state index contributed by atoms with van der Waals surface area (Å²) < 4.78 is 23.1. The van der Waals surface area contributed by atoms with E-state index in [4.69, 9.17) is 5.84 Å². The highest BCUT2D eigenvalue weighted by Crippen LogP contribution is 2.32. The van der Waals surface area contributed by atoms with Gasteiger partial charge in [0.05, 0.1) is 16.9 Å². The van der Waals surface area contributed by atoms with Gasteiger partial charge in [-0.05, 0) is 13.0 Å². The third kappa shape index (κ3) is 2.43. The van der Waals surface area contributed by atoms with Crippen molar-refractivity contribution in [1.29, 1.82) is 0 Å². The lowest BCUT2D eigenvalue weighted by Crippen LogP contribution is -2.40. The van der Waals surface area contributed by atoms with Crippen LogP contribution >= 0.6 is 11.3 Å². The Balaban J connectivity index is 2.06. The summed E-state index contributed by atoms with van der Waals surface area (Å²) in [6.07, 6.45) is 0. The van der Waals surface area contributed by atoms with Gasteiger partial charge in [-0.1, -0.05) is 0 Å². The number of nitrogen functional groups attached to an aromatic ring is 1. The van der Waals surface area contributed by atoms with E-state index in [1.165, 1.54) is 0 Å². The second-order valence-corrected chi connectivity index (χ2v) is 8.27. The fourth-order valence-corrected chi connectivity index (χ4v) is 4.33. The summed E-state index contributed by atoms with van der Waals surface area (Å²) in [7, 11) is -2.91. The number of thiophene rings is 1. The number of hydrogen-bond acceptors (Lipinski definition) is 8. The molecule has 0 saturated carbocycles. The summed E-state index contributed by atoms with van der Waals surface area (Å²) in [5.41, 5.74) is 2.46. The number of hydrazine groups is 1. The van der Waals surface area contributed by atoms with Crippen molar-refractivity contribution in [1.82, 2.24) is 9.97 Å². The molecule has 0 amide bonds. The Bertz CT molecular complexity index is 742. The molecule has 1 aliphatic heterocycles. The molecule has 20 heavy (non-hydrogen) atoms. The molecule has 9 heteroatoms. The molecule has 1 saturated heterocycles. The lowest BCUT2D eigenvalue weighted by Gasteiger charge is -2.28. The number of hydrogen-bond donors (Lipinski definition) is 2. The van der Waals surface area contributed by atoms with Gasteiger partial charge in [0.15, 0.2) is 9.84 Å². The molecule has 3 N–H and O–H groups in total. The summed E-state index contributed by atoms with van der Waals surface area (Å²) in [6.45, 7) is 2.91. The van der Waals surface area contributed by atoms with Crippen LogP contribution in [0.25, 0.3) is 10.2 Å². The number of fused-ring (bicyclic) bond motifs is 1. The number of aryl methyl sites for hydroxylation is 1. The summed E-state index contributed by atoms with van der Waals surface area (Å²) in [6, 6.07) is 2.03. The number of sulfone groups is 1. The molecule has 2 aromatic rings. The van der Waals surface area contributed by atoms with Gasteiger partial charge in [-0.2, -0.15) is 4.98 Å². The highest BCUT2D eigenvalue weighted by atomic mass is 32.2. The molecule has 0 radical (unpaired) electrons. The first-order valence-electron chi connectivity index (χ1n) is 6.19. The van der Waals surface area contributed by atoms with E-state index in [9.17, 15) is 8.42 Å². The molecule has 0 bridgehead atoms. The van der Waals surface area contributed by atoms with Crippen molar-refractivity contribution in [2.75, 3.05) is 34.9 Å². The van der Waals surface area contributed by atoms with Crippen LogP contribution < -0.4 is 16.2 Å². The molecule has 3 rings (SSSR count). The van der Waals surface area contributed by atoms with E-state index in [0.717, 1.165) is 20.9 Å². The second-order valence-electron chi connectivity index (χ2n) is 4.73. The monoisotopic (exact) mass is 313 g/mol. The molecule has 0 spiro atoms. The van der Waals surface area contributed by atoms with E-state index < -0.39 is 9.84 Å². The molecule has 0 aromatic carbocycles. The smallest absolute Gasteiger partial charge is 0.240 e. The molecule has 108 valence electrons. The van der Waals surface area contributed by atoms with E-state index in [2.05, 4.69) is 15.4 Å². The van der Waals surface area contributed by atoms with E-state index in [0.29, 0.717) is 19.0 Å². The van der Waals surface area contributed by atoms with Gasteiger partial charge in [-0.15, -0.1) is 11.3 Å². The zero-order valence-corrected chi connectivity index (χ0v) is 12.6.